The van der Waals surface area contributed by atoms with Gasteiger partial charge in [0.2, 0.25) is 0 Å². The molecule has 1 nitrogen and oxygen atoms in total. The minimum atomic E-state index is 0.711. The zero-order valence-corrected chi connectivity index (χ0v) is 8.74. The molecule has 0 aliphatic carbocycles. The summed E-state index contributed by atoms with van der Waals surface area (Å²) >= 11 is 0. The summed E-state index contributed by atoms with van der Waals surface area (Å²) in [6, 6.07) is 10.6. The van der Waals surface area contributed by atoms with E-state index in [9.17, 15) is 0 Å². The van der Waals surface area contributed by atoms with Gasteiger partial charge in [0.1, 0.15) is 0 Å². The lowest BCUT2D eigenvalue weighted by molar-refractivity contribution is 0.607. The molecule has 1 unspecified atom stereocenters. The summed E-state index contributed by atoms with van der Waals surface area (Å²) < 4.78 is 0. The van der Waals surface area contributed by atoms with Crippen molar-refractivity contribution in [2.45, 2.75) is 26.2 Å². The van der Waals surface area contributed by atoms with Crippen LogP contribution in [0.15, 0.2) is 35.3 Å². The van der Waals surface area contributed by atoms with E-state index in [2.05, 4.69) is 42.2 Å². The molecule has 1 aromatic rings. The molecule has 0 saturated heterocycles. The lowest BCUT2D eigenvalue weighted by Gasteiger charge is -2.11. The molecular weight excluding hydrogens is 170 g/mol. The molecule has 1 heteroatoms. The second-order valence-electron chi connectivity index (χ2n) is 3.91. The molecule has 74 valence electrons. The fraction of sp³-hybridized carbons (Fsp3) is 0.462. The highest BCUT2D eigenvalue weighted by Gasteiger charge is 2.20. The van der Waals surface area contributed by atoms with E-state index >= 15 is 0 Å². The van der Waals surface area contributed by atoms with Crippen LogP contribution < -0.4 is 0 Å². The van der Waals surface area contributed by atoms with E-state index < -0.39 is 0 Å². The Kier molecular flexibility index (Phi) is 2.97. The summed E-state index contributed by atoms with van der Waals surface area (Å²) in [6.07, 6.45) is 3.79. The van der Waals surface area contributed by atoms with Gasteiger partial charge in [-0.1, -0.05) is 43.7 Å². The van der Waals surface area contributed by atoms with Crippen LogP contribution in [0.4, 0.5) is 0 Å². The second kappa shape index (κ2) is 4.41. The van der Waals surface area contributed by atoms with Crippen LogP contribution in [0.1, 0.15) is 31.7 Å². The molecule has 1 aliphatic heterocycles. The highest BCUT2D eigenvalue weighted by molar-refractivity contribution is 6.03. The SMILES string of the molecule is CCCC1CCN=C1c1ccccc1. The first-order valence-electron chi connectivity index (χ1n) is 5.51. The van der Waals surface area contributed by atoms with Crippen molar-refractivity contribution in [2.24, 2.45) is 10.9 Å². The maximum absolute atomic E-state index is 4.62. The Bertz CT molecular complexity index is 313. The maximum atomic E-state index is 4.62. The Labute approximate surface area is 85.9 Å². The standard InChI is InChI=1S/C13H17N/c1-2-6-11-9-10-14-13(11)12-7-4-3-5-8-12/h3-5,7-8,11H,2,6,9-10H2,1H3. The molecule has 1 aromatic carbocycles. The molecule has 0 saturated carbocycles. The van der Waals surface area contributed by atoms with Crippen molar-refractivity contribution in [1.29, 1.82) is 0 Å². The number of aliphatic imine (C=N–C) groups is 1. The van der Waals surface area contributed by atoms with Gasteiger partial charge in [0, 0.05) is 18.2 Å². The van der Waals surface area contributed by atoms with Gasteiger partial charge in [-0.3, -0.25) is 4.99 Å². The van der Waals surface area contributed by atoms with Gasteiger partial charge in [-0.05, 0) is 18.4 Å². The van der Waals surface area contributed by atoms with Crippen molar-refractivity contribution in [3.05, 3.63) is 35.9 Å². The number of benzene rings is 1. The molecule has 1 atom stereocenters. The normalized spacial score (nSPS) is 20.9. The monoisotopic (exact) mass is 187 g/mol. The van der Waals surface area contributed by atoms with E-state index in [0.29, 0.717) is 5.92 Å². The molecule has 0 spiro atoms. The highest BCUT2D eigenvalue weighted by atomic mass is 14.8. The lowest BCUT2D eigenvalue weighted by atomic mass is 9.92. The average molecular weight is 187 g/mol. The van der Waals surface area contributed by atoms with Gasteiger partial charge >= 0.3 is 0 Å². The molecule has 0 fully saturated rings. The molecule has 0 bridgehead atoms. The molecule has 2 rings (SSSR count). The van der Waals surface area contributed by atoms with Gasteiger partial charge < -0.3 is 0 Å². The minimum Gasteiger partial charge on any atom is -0.289 e. The van der Waals surface area contributed by atoms with Crippen LogP contribution >= 0.6 is 0 Å². The van der Waals surface area contributed by atoms with Gasteiger partial charge in [0.25, 0.3) is 0 Å². The summed E-state index contributed by atoms with van der Waals surface area (Å²) in [6.45, 7) is 3.27. The van der Waals surface area contributed by atoms with E-state index in [1.807, 2.05) is 0 Å². The quantitative estimate of drug-likeness (QED) is 0.688. The summed E-state index contributed by atoms with van der Waals surface area (Å²) in [4.78, 5) is 4.62. The van der Waals surface area contributed by atoms with Crippen LogP contribution in [0.2, 0.25) is 0 Å². The first-order valence-corrected chi connectivity index (χ1v) is 5.51. The van der Waals surface area contributed by atoms with Gasteiger partial charge in [0.05, 0.1) is 0 Å². The molecule has 1 heterocycles. The molecule has 0 N–H and O–H groups in total. The van der Waals surface area contributed by atoms with Gasteiger partial charge in [-0.25, -0.2) is 0 Å². The minimum absolute atomic E-state index is 0.711. The first-order chi connectivity index (χ1) is 6.92. The molecule has 14 heavy (non-hydrogen) atoms. The average Bonchev–Trinajstić information content (AvgIpc) is 2.68. The van der Waals surface area contributed by atoms with Crippen LogP contribution in [0.5, 0.6) is 0 Å². The first kappa shape index (κ1) is 9.45. The molecule has 0 aromatic heterocycles. The van der Waals surface area contributed by atoms with Crippen molar-refractivity contribution in [1.82, 2.24) is 0 Å². The molecular formula is C13H17N. The number of nitrogens with zero attached hydrogens (tertiary/aromatic N) is 1. The third-order valence-corrected chi connectivity index (χ3v) is 2.85. The molecule has 0 amide bonds. The van der Waals surface area contributed by atoms with Crippen molar-refractivity contribution in [3.63, 3.8) is 0 Å². The Balaban J connectivity index is 2.18. The fourth-order valence-corrected chi connectivity index (χ4v) is 2.17. The number of hydrogen-bond donors (Lipinski definition) is 0. The van der Waals surface area contributed by atoms with Gasteiger partial charge in [-0.15, -0.1) is 0 Å². The van der Waals surface area contributed by atoms with Crippen molar-refractivity contribution in [3.8, 4) is 0 Å². The predicted molar refractivity (Wildman–Crippen MR) is 60.9 cm³/mol. The van der Waals surface area contributed by atoms with Gasteiger partial charge in [-0.2, -0.15) is 0 Å². The van der Waals surface area contributed by atoms with E-state index in [1.165, 1.54) is 30.5 Å². The van der Waals surface area contributed by atoms with Crippen LogP contribution in [-0.2, 0) is 0 Å². The van der Waals surface area contributed by atoms with Crippen molar-refractivity contribution >= 4 is 5.71 Å². The Hall–Kier alpha value is -1.11. The zero-order chi connectivity index (χ0) is 9.80. The Morgan fingerprint density at radius 2 is 2.07 bits per heavy atom. The second-order valence-corrected chi connectivity index (χ2v) is 3.91. The third kappa shape index (κ3) is 1.87. The summed E-state index contributed by atoms with van der Waals surface area (Å²) in [5.41, 5.74) is 2.66. The topological polar surface area (TPSA) is 12.4 Å². The van der Waals surface area contributed by atoms with E-state index in [4.69, 9.17) is 0 Å². The fourth-order valence-electron chi connectivity index (χ4n) is 2.17. The van der Waals surface area contributed by atoms with E-state index in [0.717, 1.165) is 6.54 Å². The predicted octanol–water partition coefficient (Wildman–Crippen LogP) is 3.30. The summed E-state index contributed by atoms with van der Waals surface area (Å²) in [5.74, 6) is 0.711. The molecule has 0 radical (unpaired) electrons. The summed E-state index contributed by atoms with van der Waals surface area (Å²) in [5, 5.41) is 0. The Morgan fingerprint density at radius 3 is 2.79 bits per heavy atom. The highest BCUT2D eigenvalue weighted by Crippen LogP contribution is 2.23. The molecule has 1 aliphatic rings. The van der Waals surface area contributed by atoms with Crippen molar-refractivity contribution < 1.29 is 0 Å². The maximum Gasteiger partial charge on any atom is 0.0452 e. The van der Waals surface area contributed by atoms with Crippen LogP contribution in [-0.4, -0.2) is 12.3 Å². The van der Waals surface area contributed by atoms with Crippen molar-refractivity contribution in [2.75, 3.05) is 6.54 Å². The van der Waals surface area contributed by atoms with Crippen LogP contribution in [0.3, 0.4) is 0 Å². The van der Waals surface area contributed by atoms with Crippen LogP contribution in [0, 0.1) is 5.92 Å². The smallest absolute Gasteiger partial charge is 0.0452 e. The van der Waals surface area contributed by atoms with E-state index in [1.54, 1.807) is 0 Å². The zero-order valence-electron chi connectivity index (χ0n) is 8.74. The lowest BCUT2D eigenvalue weighted by Crippen LogP contribution is -2.10. The van der Waals surface area contributed by atoms with Crippen LogP contribution in [0.25, 0.3) is 0 Å². The van der Waals surface area contributed by atoms with Gasteiger partial charge in [0.15, 0.2) is 0 Å². The largest absolute Gasteiger partial charge is 0.289 e. The van der Waals surface area contributed by atoms with E-state index in [-0.39, 0.29) is 0 Å². The summed E-state index contributed by atoms with van der Waals surface area (Å²) in [7, 11) is 0. The Morgan fingerprint density at radius 1 is 1.29 bits per heavy atom. The number of rotatable bonds is 3. The number of hydrogen-bond acceptors (Lipinski definition) is 1. The third-order valence-electron chi connectivity index (χ3n) is 2.85.